The van der Waals surface area contributed by atoms with Crippen LogP contribution in [0.15, 0.2) is 4.90 Å². The molecule has 0 fully saturated rings. The van der Waals surface area contributed by atoms with Crippen molar-refractivity contribution in [2.24, 2.45) is 0 Å². The Kier molecular flexibility index (Phi) is 4.67. The minimum Gasteiger partial charge on any atom is -0.309 e. The maximum atomic E-state index is 12.0. The molecule has 0 atom stereocenters. The molecule has 1 aromatic rings. The Morgan fingerprint density at radius 3 is 2.59 bits per heavy atom. The van der Waals surface area contributed by atoms with Crippen molar-refractivity contribution < 1.29 is 8.42 Å². The van der Waals surface area contributed by atoms with Gasteiger partial charge in [0.25, 0.3) is 0 Å². The van der Waals surface area contributed by atoms with Gasteiger partial charge in [-0.1, -0.05) is 20.8 Å². The van der Waals surface area contributed by atoms with Gasteiger partial charge >= 0.3 is 0 Å². The van der Waals surface area contributed by atoms with E-state index in [9.17, 15) is 8.42 Å². The number of aryl methyl sites for hydroxylation is 1. The van der Waals surface area contributed by atoms with E-state index in [0.29, 0.717) is 24.5 Å². The lowest BCUT2D eigenvalue weighted by Gasteiger charge is -2.09. The molecule has 3 N–H and O–H groups in total. The second-order valence-electron chi connectivity index (χ2n) is 4.16. The maximum Gasteiger partial charge on any atom is 0.244 e. The Hall–Kier alpha value is -0.920. The minimum absolute atomic E-state index is 0.257. The zero-order chi connectivity index (χ0) is 13.1. The first kappa shape index (κ1) is 14.1. The van der Waals surface area contributed by atoms with E-state index in [4.69, 9.17) is 0 Å². The molecule has 0 amide bonds. The molecule has 1 aromatic heterocycles. The molecule has 0 bridgehead atoms. The second-order valence-corrected chi connectivity index (χ2v) is 5.87. The summed E-state index contributed by atoms with van der Waals surface area (Å²) >= 11 is 0. The van der Waals surface area contributed by atoms with E-state index < -0.39 is 10.0 Å². The van der Waals surface area contributed by atoms with Gasteiger partial charge in [0.2, 0.25) is 10.0 Å². The molecule has 0 aliphatic heterocycles. The van der Waals surface area contributed by atoms with Crippen LogP contribution in [0.1, 0.15) is 32.2 Å². The van der Waals surface area contributed by atoms with E-state index >= 15 is 0 Å². The molecule has 0 radical (unpaired) electrons. The Morgan fingerprint density at radius 1 is 1.41 bits per heavy atom. The van der Waals surface area contributed by atoms with E-state index in [0.717, 1.165) is 0 Å². The number of aromatic nitrogens is 2. The van der Waals surface area contributed by atoms with Crippen LogP contribution in [0.2, 0.25) is 0 Å². The zero-order valence-corrected chi connectivity index (χ0v) is 11.5. The number of hydrogen-bond acceptors (Lipinski definition) is 4. The van der Waals surface area contributed by atoms with Gasteiger partial charge in [-0.3, -0.25) is 5.10 Å². The Morgan fingerprint density at radius 2 is 2.06 bits per heavy atom. The summed E-state index contributed by atoms with van der Waals surface area (Å²) in [6, 6.07) is 0.279. The fourth-order valence-electron chi connectivity index (χ4n) is 1.51. The van der Waals surface area contributed by atoms with Gasteiger partial charge in [-0.05, 0) is 6.92 Å². The number of nitrogens with zero attached hydrogens (tertiary/aromatic N) is 1. The summed E-state index contributed by atoms with van der Waals surface area (Å²) in [7, 11) is -3.46. The van der Waals surface area contributed by atoms with Gasteiger partial charge in [0.15, 0.2) is 0 Å². The summed E-state index contributed by atoms with van der Waals surface area (Å²) in [5.41, 5.74) is 1.09. The van der Waals surface area contributed by atoms with Crippen LogP contribution in [0.25, 0.3) is 0 Å². The van der Waals surface area contributed by atoms with Gasteiger partial charge in [-0.2, -0.15) is 5.10 Å². The van der Waals surface area contributed by atoms with Gasteiger partial charge in [-0.25, -0.2) is 13.1 Å². The van der Waals surface area contributed by atoms with Crippen molar-refractivity contribution in [3.05, 3.63) is 11.4 Å². The van der Waals surface area contributed by atoms with Crippen molar-refractivity contribution in [3.63, 3.8) is 0 Å². The second kappa shape index (κ2) is 5.61. The summed E-state index contributed by atoms with van der Waals surface area (Å²) in [6.07, 6.45) is 0. The van der Waals surface area contributed by atoms with Gasteiger partial charge in [0.1, 0.15) is 4.90 Å². The van der Waals surface area contributed by atoms with Gasteiger partial charge < -0.3 is 5.32 Å². The van der Waals surface area contributed by atoms with Crippen molar-refractivity contribution in [1.82, 2.24) is 20.2 Å². The van der Waals surface area contributed by atoms with Crippen molar-refractivity contribution in [2.75, 3.05) is 6.54 Å². The van der Waals surface area contributed by atoms with Crippen molar-refractivity contribution in [3.8, 4) is 0 Å². The maximum absolute atomic E-state index is 12.0. The molecule has 0 aliphatic rings. The van der Waals surface area contributed by atoms with Gasteiger partial charge in [0.05, 0.1) is 11.4 Å². The predicted molar refractivity (Wildman–Crippen MR) is 66.2 cm³/mol. The molecule has 0 aromatic carbocycles. The first-order valence-corrected chi connectivity index (χ1v) is 7.13. The predicted octanol–water partition coefficient (Wildman–Crippen LogP) is 0.514. The van der Waals surface area contributed by atoms with Crippen molar-refractivity contribution >= 4 is 10.0 Å². The average molecular weight is 260 g/mol. The van der Waals surface area contributed by atoms with Crippen LogP contribution in [0.5, 0.6) is 0 Å². The summed E-state index contributed by atoms with van der Waals surface area (Å²) in [4.78, 5) is 0.257. The van der Waals surface area contributed by atoms with E-state index in [1.54, 1.807) is 13.8 Å². The number of hydrogen-bond donors (Lipinski definition) is 3. The highest BCUT2D eigenvalue weighted by Gasteiger charge is 2.23. The van der Waals surface area contributed by atoms with Gasteiger partial charge in [0, 0.05) is 19.1 Å². The average Bonchev–Trinajstić information content (AvgIpc) is 2.57. The summed E-state index contributed by atoms with van der Waals surface area (Å²) in [5.74, 6) is 0. The summed E-state index contributed by atoms with van der Waals surface area (Å²) in [5, 5.41) is 9.90. The van der Waals surface area contributed by atoms with Crippen LogP contribution in [0.4, 0.5) is 0 Å². The fraction of sp³-hybridized carbons (Fsp3) is 0.700. The zero-order valence-electron chi connectivity index (χ0n) is 10.7. The first-order valence-electron chi connectivity index (χ1n) is 5.65. The Labute approximate surface area is 102 Å². The lowest BCUT2D eigenvalue weighted by atomic mass is 10.3. The smallest absolute Gasteiger partial charge is 0.244 e. The molecule has 0 aliphatic carbocycles. The molecule has 0 spiro atoms. The molecule has 1 heterocycles. The van der Waals surface area contributed by atoms with Crippen molar-refractivity contribution in [1.29, 1.82) is 0 Å². The Bertz CT molecular complexity index is 465. The molecule has 6 nitrogen and oxygen atoms in total. The number of rotatable bonds is 6. The van der Waals surface area contributed by atoms with Crippen LogP contribution >= 0.6 is 0 Å². The van der Waals surface area contributed by atoms with E-state index in [1.807, 2.05) is 13.8 Å². The largest absolute Gasteiger partial charge is 0.309 e. The molecule has 0 unspecified atom stereocenters. The third-order valence-corrected chi connectivity index (χ3v) is 3.99. The van der Waals surface area contributed by atoms with E-state index in [1.165, 1.54) is 0 Å². The third-order valence-electron chi connectivity index (χ3n) is 2.24. The highest BCUT2D eigenvalue weighted by atomic mass is 32.2. The normalized spacial score (nSPS) is 12.3. The SMILES string of the molecule is CCNS(=O)(=O)c1c(CNC(C)C)n[nH]c1C. The first-order chi connectivity index (χ1) is 7.88. The van der Waals surface area contributed by atoms with E-state index in [-0.39, 0.29) is 10.9 Å². The monoisotopic (exact) mass is 260 g/mol. The quantitative estimate of drug-likeness (QED) is 0.695. The number of aromatic amines is 1. The van der Waals surface area contributed by atoms with Crippen molar-refractivity contribution in [2.45, 2.75) is 45.2 Å². The Balaban J connectivity index is 3.02. The summed E-state index contributed by atoms with van der Waals surface area (Å²) < 4.78 is 26.4. The van der Waals surface area contributed by atoms with Crippen LogP contribution in [-0.4, -0.2) is 31.2 Å². The van der Waals surface area contributed by atoms with E-state index in [2.05, 4.69) is 20.2 Å². The highest BCUT2D eigenvalue weighted by molar-refractivity contribution is 7.89. The summed E-state index contributed by atoms with van der Waals surface area (Å²) in [6.45, 7) is 8.25. The molecule has 1 rings (SSSR count). The van der Waals surface area contributed by atoms with Crippen LogP contribution in [0.3, 0.4) is 0 Å². The molecule has 7 heteroatoms. The number of nitrogens with one attached hydrogen (secondary N) is 3. The topological polar surface area (TPSA) is 86.9 Å². The standard InChI is InChI=1S/C10H20N4O2S/c1-5-12-17(15,16)10-8(4)13-14-9(10)6-11-7(2)3/h7,11-12H,5-6H2,1-4H3,(H,13,14). The molecule has 0 saturated carbocycles. The lowest BCUT2D eigenvalue weighted by Crippen LogP contribution is -2.27. The lowest BCUT2D eigenvalue weighted by molar-refractivity contribution is 0.564. The molecule has 98 valence electrons. The number of H-pyrrole nitrogens is 1. The third kappa shape index (κ3) is 3.52. The van der Waals surface area contributed by atoms with Crippen LogP contribution in [-0.2, 0) is 16.6 Å². The number of sulfonamides is 1. The highest BCUT2D eigenvalue weighted by Crippen LogP contribution is 2.17. The molecule has 17 heavy (non-hydrogen) atoms. The minimum atomic E-state index is -3.46. The fourth-order valence-corrected chi connectivity index (χ4v) is 2.91. The van der Waals surface area contributed by atoms with Gasteiger partial charge in [-0.15, -0.1) is 0 Å². The van der Waals surface area contributed by atoms with Crippen LogP contribution < -0.4 is 10.0 Å². The van der Waals surface area contributed by atoms with Crippen LogP contribution in [0, 0.1) is 6.92 Å². The molecular formula is C10H20N4O2S. The molecule has 0 saturated heterocycles. The molecular weight excluding hydrogens is 240 g/mol.